The number of carbonyl (C=O) groups is 2. The molecule has 0 unspecified atom stereocenters. The van der Waals surface area contributed by atoms with Crippen molar-refractivity contribution in [1.29, 1.82) is 5.26 Å². The van der Waals surface area contributed by atoms with E-state index in [2.05, 4.69) is 5.32 Å². The van der Waals surface area contributed by atoms with Crippen LogP contribution >= 0.6 is 0 Å². The lowest BCUT2D eigenvalue weighted by Gasteiger charge is -2.42. The zero-order valence-electron chi connectivity index (χ0n) is 14.8. The number of rotatable bonds is 3. The molecule has 0 saturated carbocycles. The summed E-state index contributed by atoms with van der Waals surface area (Å²) in [7, 11) is 0. The maximum absolute atomic E-state index is 13.1. The van der Waals surface area contributed by atoms with Crippen LogP contribution in [0.4, 0.5) is 11.4 Å². The summed E-state index contributed by atoms with van der Waals surface area (Å²) < 4.78 is 5.74. The van der Waals surface area contributed by atoms with E-state index in [0.717, 1.165) is 0 Å². The second-order valence-corrected chi connectivity index (χ2v) is 6.60. The molecular formula is C20H19N3O3. The van der Waals surface area contributed by atoms with E-state index in [1.807, 2.05) is 12.1 Å². The third kappa shape index (κ3) is 3.00. The Morgan fingerprint density at radius 3 is 2.69 bits per heavy atom. The van der Waals surface area contributed by atoms with Crippen molar-refractivity contribution in [3.05, 3.63) is 54.1 Å². The number of ether oxygens (including phenoxy) is 1. The average molecular weight is 349 g/mol. The van der Waals surface area contributed by atoms with Gasteiger partial charge in [0.2, 0.25) is 5.91 Å². The standard InChI is InChI=1S/C20H19N3O3/c1-13(26-15-8-6-7-14(11-15)12-21)18(24)23-17-10-5-4-9-16(17)22-19(25)20(23,2)3/h4-11,13H,1-3H3,(H,22,25)/t13-/m0/s1. The lowest BCUT2D eigenvalue weighted by molar-refractivity contribution is -0.130. The van der Waals surface area contributed by atoms with Crippen LogP contribution in [0, 0.1) is 11.3 Å². The fourth-order valence-electron chi connectivity index (χ4n) is 2.92. The Hall–Kier alpha value is -3.33. The summed E-state index contributed by atoms with van der Waals surface area (Å²) in [6, 6.07) is 15.8. The number of para-hydroxylation sites is 2. The van der Waals surface area contributed by atoms with Gasteiger partial charge in [-0.05, 0) is 51.1 Å². The second kappa shape index (κ2) is 6.52. The smallest absolute Gasteiger partial charge is 0.268 e. The Balaban J connectivity index is 1.92. The van der Waals surface area contributed by atoms with Gasteiger partial charge < -0.3 is 10.1 Å². The van der Waals surface area contributed by atoms with Crippen molar-refractivity contribution in [3.63, 3.8) is 0 Å². The minimum Gasteiger partial charge on any atom is -0.481 e. The van der Waals surface area contributed by atoms with Gasteiger partial charge in [0.15, 0.2) is 6.10 Å². The summed E-state index contributed by atoms with van der Waals surface area (Å²) in [5.74, 6) is -0.166. The van der Waals surface area contributed by atoms with Gasteiger partial charge in [-0.15, -0.1) is 0 Å². The van der Waals surface area contributed by atoms with Crippen LogP contribution in [0.1, 0.15) is 26.3 Å². The predicted octanol–water partition coefficient (Wildman–Crippen LogP) is 3.09. The van der Waals surface area contributed by atoms with Crippen LogP contribution in [-0.2, 0) is 9.59 Å². The zero-order valence-corrected chi connectivity index (χ0v) is 14.8. The SMILES string of the molecule is C[C@H](Oc1cccc(C#N)c1)C(=O)N1c2ccccc2NC(=O)C1(C)C. The monoisotopic (exact) mass is 349 g/mol. The molecule has 0 aliphatic carbocycles. The van der Waals surface area contributed by atoms with Gasteiger partial charge in [-0.3, -0.25) is 14.5 Å². The lowest BCUT2D eigenvalue weighted by atomic mass is 9.95. The molecule has 2 aromatic carbocycles. The van der Waals surface area contributed by atoms with Crippen LogP contribution in [0.2, 0.25) is 0 Å². The van der Waals surface area contributed by atoms with Gasteiger partial charge in [0.1, 0.15) is 11.3 Å². The van der Waals surface area contributed by atoms with Crippen LogP contribution in [0.15, 0.2) is 48.5 Å². The van der Waals surface area contributed by atoms with E-state index >= 15 is 0 Å². The number of nitrogens with zero attached hydrogens (tertiary/aromatic N) is 2. The van der Waals surface area contributed by atoms with E-state index in [0.29, 0.717) is 22.7 Å². The van der Waals surface area contributed by atoms with Crippen molar-refractivity contribution < 1.29 is 14.3 Å². The number of fused-ring (bicyclic) bond motifs is 1. The van der Waals surface area contributed by atoms with E-state index in [-0.39, 0.29) is 11.8 Å². The molecule has 6 heteroatoms. The number of hydrogen-bond donors (Lipinski definition) is 1. The molecule has 1 aliphatic heterocycles. The Morgan fingerprint density at radius 2 is 1.96 bits per heavy atom. The van der Waals surface area contributed by atoms with Crippen LogP contribution in [-0.4, -0.2) is 23.5 Å². The molecule has 26 heavy (non-hydrogen) atoms. The van der Waals surface area contributed by atoms with Crippen molar-refractivity contribution in [3.8, 4) is 11.8 Å². The van der Waals surface area contributed by atoms with Crippen molar-refractivity contribution >= 4 is 23.2 Å². The van der Waals surface area contributed by atoms with Gasteiger partial charge in [-0.25, -0.2) is 0 Å². The minimum absolute atomic E-state index is 0.261. The maximum atomic E-state index is 13.1. The molecule has 0 saturated heterocycles. The van der Waals surface area contributed by atoms with Crippen molar-refractivity contribution in [2.24, 2.45) is 0 Å². The highest BCUT2D eigenvalue weighted by atomic mass is 16.5. The molecule has 132 valence electrons. The quantitative estimate of drug-likeness (QED) is 0.923. The van der Waals surface area contributed by atoms with E-state index in [1.165, 1.54) is 4.90 Å². The predicted molar refractivity (Wildman–Crippen MR) is 97.9 cm³/mol. The first-order valence-corrected chi connectivity index (χ1v) is 8.26. The second-order valence-electron chi connectivity index (χ2n) is 6.60. The maximum Gasteiger partial charge on any atom is 0.268 e. The van der Waals surface area contributed by atoms with E-state index in [1.54, 1.807) is 63.2 Å². The molecule has 0 spiro atoms. The number of anilines is 2. The summed E-state index contributed by atoms with van der Waals surface area (Å²) in [6.07, 6.45) is -0.831. The number of nitriles is 1. The van der Waals surface area contributed by atoms with Gasteiger partial charge in [0.05, 0.1) is 23.0 Å². The molecule has 0 bridgehead atoms. The molecule has 2 amide bonds. The molecular weight excluding hydrogens is 330 g/mol. The van der Waals surface area contributed by atoms with Gasteiger partial charge in [0, 0.05) is 0 Å². The molecule has 2 aromatic rings. The fraction of sp³-hybridized carbons (Fsp3) is 0.250. The van der Waals surface area contributed by atoms with Gasteiger partial charge in [-0.1, -0.05) is 18.2 Å². The summed E-state index contributed by atoms with van der Waals surface area (Å²) in [5.41, 5.74) is 0.606. The molecule has 0 aromatic heterocycles. The molecule has 6 nitrogen and oxygen atoms in total. The summed E-state index contributed by atoms with van der Waals surface area (Å²) >= 11 is 0. The average Bonchev–Trinajstić information content (AvgIpc) is 2.62. The van der Waals surface area contributed by atoms with Crippen molar-refractivity contribution in [2.75, 3.05) is 10.2 Å². The normalized spacial score (nSPS) is 16.1. The van der Waals surface area contributed by atoms with Gasteiger partial charge in [0.25, 0.3) is 5.91 Å². The van der Waals surface area contributed by atoms with E-state index < -0.39 is 11.6 Å². The first-order chi connectivity index (χ1) is 12.3. The lowest BCUT2D eigenvalue weighted by Crippen LogP contribution is -2.60. The number of hydrogen-bond acceptors (Lipinski definition) is 4. The third-order valence-electron chi connectivity index (χ3n) is 4.35. The topological polar surface area (TPSA) is 82.4 Å². The highest BCUT2D eigenvalue weighted by molar-refractivity contribution is 6.14. The van der Waals surface area contributed by atoms with Crippen LogP contribution in [0.5, 0.6) is 5.75 Å². The highest BCUT2D eigenvalue weighted by Crippen LogP contribution is 2.37. The Labute approximate surface area is 152 Å². The first kappa shape index (κ1) is 17.5. The van der Waals surface area contributed by atoms with Crippen molar-refractivity contribution in [2.45, 2.75) is 32.4 Å². The molecule has 3 rings (SSSR count). The minimum atomic E-state index is -1.06. The summed E-state index contributed by atoms with van der Waals surface area (Å²) in [5, 5.41) is 11.8. The molecule has 1 heterocycles. The van der Waals surface area contributed by atoms with E-state index in [4.69, 9.17) is 10.00 Å². The molecule has 0 fully saturated rings. The molecule has 0 radical (unpaired) electrons. The Morgan fingerprint density at radius 1 is 1.23 bits per heavy atom. The fourth-order valence-corrected chi connectivity index (χ4v) is 2.92. The summed E-state index contributed by atoms with van der Waals surface area (Å²) in [6.45, 7) is 5.02. The number of carbonyl (C=O) groups excluding carboxylic acids is 2. The van der Waals surface area contributed by atoms with E-state index in [9.17, 15) is 9.59 Å². The summed E-state index contributed by atoms with van der Waals surface area (Å²) in [4.78, 5) is 27.1. The number of benzene rings is 2. The number of amides is 2. The number of nitrogens with one attached hydrogen (secondary N) is 1. The van der Waals surface area contributed by atoms with Crippen LogP contribution in [0.3, 0.4) is 0 Å². The molecule has 1 N–H and O–H groups in total. The largest absolute Gasteiger partial charge is 0.481 e. The highest BCUT2D eigenvalue weighted by Gasteiger charge is 2.45. The van der Waals surface area contributed by atoms with Gasteiger partial charge in [-0.2, -0.15) is 5.26 Å². The van der Waals surface area contributed by atoms with Crippen LogP contribution < -0.4 is 15.0 Å². The molecule has 1 aliphatic rings. The molecule has 1 atom stereocenters. The Kier molecular flexibility index (Phi) is 4.39. The first-order valence-electron chi connectivity index (χ1n) is 8.26. The third-order valence-corrected chi connectivity index (χ3v) is 4.35. The van der Waals surface area contributed by atoms with Crippen LogP contribution in [0.25, 0.3) is 0 Å². The Bertz CT molecular complexity index is 915. The van der Waals surface area contributed by atoms with Crippen molar-refractivity contribution in [1.82, 2.24) is 0 Å². The zero-order chi connectivity index (χ0) is 18.9. The van der Waals surface area contributed by atoms with Gasteiger partial charge >= 0.3 is 0 Å².